The van der Waals surface area contributed by atoms with Gasteiger partial charge in [0.25, 0.3) is 0 Å². The fourth-order valence-electron chi connectivity index (χ4n) is 2.97. The predicted octanol–water partition coefficient (Wildman–Crippen LogP) is 0.925. The Balaban J connectivity index is 0.00000200. The molecule has 0 bridgehead atoms. The van der Waals surface area contributed by atoms with Crippen LogP contribution >= 0.6 is 12.4 Å². The maximum absolute atomic E-state index is 11.9. The largest absolute Gasteiger partial charge is 0.352 e. The van der Waals surface area contributed by atoms with E-state index < -0.39 is 0 Å². The lowest BCUT2D eigenvalue weighted by atomic mass is 9.93. The summed E-state index contributed by atoms with van der Waals surface area (Å²) in [6.45, 7) is 5.20. The summed E-state index contributed by atoms with van der Waals surface area (Å²) in [5.41, 5.74) is 0. The standard InChI is InChI=1S/C14H25N3O2.ClH/c1-11(18)17-9-6-13(10-17)16-14(19)3-2-12-4-7-15-8-5-12;/h12-13,15H,2-10H2,1H3,(H,16,19);1H. The summed E-state index contributed by atoms with van der Waals surface area (Å²) in [7, 11) is 0. The topological polar surface area (TPSA) is 61.4 Å². The first-order valence-corrected chi connectivity index (χ1v) is 7.40. The molecule has 2 amide bonds. The Labute approximate surface area is 127 Å². The molecule has 0 radical (unpaired) electrons. The highest BCUT2D eigenvalue weighted by atomic mass is 35.5. The molecule has 5 nitrogen and oxygen atoms in total. The normalized spacial score (nSPS) is 23.2. The lowest BCUT2D eigenvalue weighted by Gasteiger charge is -2.22. The molecule has 0 aromatic rings. The van der Waals surface area contributed by atoms with Crippen molar-refractivity contribution in [2.45, 2.75) is 45.1 Å². The van der Waals surface area contributed by atoms with Gasteiger partial charge in [-0.1, -0.05) is 0 Å². The van der Waals surface area contributed by atoms with Gasteiger partial charge in [0, 0.05) is 32.5 Å². The number of nitrogens with one attached hydrogen (secondary N) is 2. The van der Waals surface area contributed by atoms with Crippen molar-refractivity contribution in [2.24, 2.45) is 5.92 Å². The molecule has 0 aromatic carbocycles. The summed E-state index contributed by atoms with van der Waals surface area (Å²) >= 11 is 0. The number of carbonyl (C=O) groups is 2. The summed E-state index contributed by atoms with van der Waals surface area (Å²) in [5.74, 6) is 0.949. The summed E-state index contributed by atoms with van der Waals surface area (Å²) in [5, 5.41) is 6.39. The van der Waals surface area contributed by atoms with Crippen molar-refractivity contribution in [3.05, 3.63) is 0 Å². The Morgan fingerprint density at radius 1 is 1.25 bits per heavy atom. The van der Waals surface area contributed by atoms with Crippen molar-refractivity contribution in [1.29, 1.82) is 0 Å². The molecule has 0 spiro atoms. The Hall–Kier alpha value is -0.810. The Morgan fingerprint density at radius 3 is 2.55 bits per heavy atom. The molecule has 2 N–H and O–H groups in total. The van der Waals surface area contributed by atoms with Gasteiger partial charge in [-0.3, -0.25) is 9.59 Å². The quantitative estimate of drug-likeness (QED) is 0.812. The van der Waals surface area contributed by atoms with Crippen LogP contribution in [-0.2, 0) is 9.59 Å². The van der Waals surface area contributed by atoms with E-state index in [2.05, 4.69) is 10.6 Å². The SMILES string of the molecule is CC(=O)N1CCC(NC(=O)CCC2CCNCC2)C1.Cl. The van der Waals surface area contributed by atoms with Crippen LogP contribution in [-0.4, -0.2) is 48.9 Å². The third kappa shape index (κ3) is 5.29. The molecular weight excluding hydrogens is 278 g/mol. The molecule has 2 aliphatic rings. The van der Waals surface area contributed by atoms with Crippen LogP contribution in [0.1, 0.15) is 39.0 Å². The minimum atomic E-state index is 0. The first-order valence-electron chi connectivity index (χ1n) is 7.40. The predicted molar refractivity (Wildman–Crippen MR) is 80.9 cm³/mol. The zero-order valence-corrected chi connectivity index (χ0v) is 13.0. The second-order valence-corrected chi connectivity index (χ2v) is 5.75. The van der Waals surface area contributed by atoms with Gasteiger partial charge in [-0.2, -0.15) is 0 Å². The molecule has 116 valence electrons. The first-order chi connectivity index (χ1) is 9.15. The molecular formula is C14H26ClN3O2. The minimum absolute atomic E-state index is 0. The number of halogens is 1. The van der Waals surface area contributed by atoms with Crippen LogP contribution in [0.5, 0.6) is 0 Å². The third-order valence-electron chi connectivity index (χ3n) is 4.24. The van der Waals surface area contributed by atoms with E-state index in [9.17, 15) is 9.59 Å². The zero-order chi connectivity index (χ0) is 13.7. The van der Waals surface area contributed by atoms with E-state index in [-0.39, 0.29) is 30.3 Å². The van der Waals surface area contributed by atoms with Gasteiger partial charge in [-0.25, -0.2) is 0 Å². The highest BCUT2D eigenvalue weighted by Gasteiger charge is 2.25. The monoisotopic (exact) mass is 303 g/mol. The fraction of sp³-hybridized carbons (Fsp3) is 0.857. The summed E-state index contributed by atoms with van der Waals surface area (Å²) < 4.78 is 0. The van der Waals surface area contributed by atoms with Crippen LogP contribution in [0.4, 0.5) is 0 Å². The van der Waals surface area contributed by atoms with E-state index in [1.54, 1.807) is 11.8 Å². The van der Waals surface area contributed by atoms with E-state index >= 15 is 0 Å². The van der Waals surface area contributed by atoms with E-state index in [0.717, 1.165) is 32.5 Å². The number of hydrogen-bond acceptors (Lipinski definition) is 3. The summed E-state index contributed by atoms with van der Waals surface area (Å²) in [6.07, 6.45) is 4.89. The van der Waals surface area contributed by atoms with Crippen LogP contribution in [0, 0.1) is 5.92 Å². The molecule has 0 aliphatic carbocycles. The van der Waals surface area contributed by atoms with Crippen molar-refractivity contribution < 1.29 is 9.59 Å². The van der Waals surface area contributed by atoms with E-state index in [0.29, 0.717) is 18.9 Å². The van der Waals surface area contributed by atoms with Gasteiger partial charge in [0.1, 0.15) is 0 Å². The van der Waals surface area contributed by atoms with E-state index in [4.69, 9.17) is 0 Å². The Kier molecular flexibility index (Phi) is 7.30. The van der Waals surface area contributed by atoms with E-state index in [1.807, 2.05) is 0 Å². The maximum Gasteiger partial charge on any atom is 0.220 e. The van der Waals surface area contributed by atoms with Gasteiger partial charge in [-0.15, -0.1) is 12.4 Å². The van der Waals surface area contributed by atoms with Crippen molar-refractivity contribution in [3.8, 4) is 0 Å². The van der Waals surface area contributed by atoms with Crippen LogP contribution in [0.25, 0.3) is 0 Å². The van der Waals surface area contributed by atoms with Crippen LogP contribution < -0.4 is 10.6 Å². The molecule has 2 fully saturated rings. The number of amides is 2. The number of rotatable bonds is 4. The molecule has 2 saturated heterocycles. The number of piperidine rings is 1. The highest BCUT2D eigenvalue weighted by Crippen LogP contribution is 2.18. The second-order valence-electron chi connectivity index (χ2n) is 5.75. The average molecular weight is 304 g/mol. The summed E-state index contributed by atoms with van der Waals surface area (Å²) in [4.78, 5) is 24.9. The molecule has 2 heterocycles. The first kappa shape index (κ1) is 17.2. The highest BCUT2D eigenvalue weighted by molar-refractivity contribution is 5.85. The number of likely N-dealkylation sites (tertiary alicyclic amines) is 1. The minimum Gasteiger partial charge on any atom is -0.352 e. The second kappa shape index (κ2) is 8.47. The van der Waals surface area contributed by atoms with Crippen molar-refractivity contribution in [2.75, 3.05) is 26.2 Å². The maximum atomic E-state index is 11.9. The van der Waals surface area contributed by atoms with Gasteiger partial charge in [0.2, 0.25) is 11.8 Å². The van der Waals surface area contributed by atoms with Crippen molar-refractivity contribution >= 4 is 24.2 Å². The molecule has 20 heavy (non-hydrogen) atoms. The fourth-order valence-corrected chi connectivity index (χ4v) is 2.97. The number of hydrogen-bond donors (Lipinski definition) is 2. The van der Waals surface area contributed by atoms with Gasteiger partial charge < -0.3 is 15.5 Å². The van der Waals surface area contributed by atoms with Gasteiger partial charge in [0.15, 0.2) is 0 Å². The Bertz CT molecular complexity index is 332. The molecule has 2 rings (SSSR count). The zero-order valence-electron chi connectivity index (χ0n) is 12.2. The van der Waals surface area contributed by atoms with Crippen LogP contribution in [0.3, 0.4) is 0 Å². The molecule has 1 atom stereocenters. The molecule has 6 heteroatoms. The third-order valence-corrected chi connectivity index (χ3v) is 4.24. The van der Waals surface area contributed by atoms with E-state index in [1.165, 1.54) is 12.8 Å². The van der Waals surface area contributed by atoms with Crippen LogP contribution in [0.2, 0.25) is 0 Å². The number of nitrogens with zero attached hydrogens (tertiary/aromatic N) is 1. The Morgan fingerprint density at radius 2 is 1.95 bits per heavy atom. The van der Waals surface area contributed by atoms with Gasteiger partial charge >= 0.3 is 0 Å². The molecule has 0 aromatic heterocycles. The lowest BCUT2D eigenvalue weighted by molar-refractivity contribution is -0.128. The summed E-state index contributed by atoms with van der Waals surface area (Å²) in [6, 6.07) is 0.157. The smallest absolute Gasteiger partial charge is 0.220 e. The number of carbonyl (C=O) groups excluding carboxylic acids is 2. The molecule has 0 saturated carbocycles. The van der Waals surface area contributed by atoms with Crippen molar-refractivity contribution in [3.63, 3.8) is 0 Å². The molecule has 1 unspecified atom stereocenters. The molecule has 2 aliphatic heterocycles. The van der Waals surface area contributed by atoms with Gasteiger partial charge in [-0.05, 0) is 44.7 Å². The van der Waals surface area contributed by atoms with Crippen LogP contribution in [0.15, 0.2) is 0 Å². The van der Waals surface area contributed by atoms with Crippen molar-refractivity contribution in [1.82, 2.24) is 15.5 Å². The lowest BCUT2D eigenvalue weighted by Crippen LogP contribution is -2.38. The average Bonchev–Trinajstić information content (AvgIpc) is 2.86. The van der Waals surface area contributed by atoms with Gasteiger partial charge in [0.05, 0.1) is 0 Å².